The van der Waals surface area contributed by atoms with Crippen LogP contribution in [0, 0.1) is 0 Å². The van der Waals surface area contributed by atoms with E-state index >= 15 is 0 Å². The second-order valence-corrected chi connectivity index (χ2v) is 6.46. The number of benzene rings is 2. The lowest BCUT2D eigenvalue weighted by Crippen LogP contribution is -2.04. The summed E-state index contributed by atoms with van der Waals surface area (Å²) in [7, 11) is 0. The number of rotatable bonds is 4. The van der Waals surface area contributed by atoms with Gasteiger partial charge in [-0.25, -0.2) is 0 Å². The van der Waals surface area contributed by atoms with Crippen LogP contribution in [0.3, 0.4) is 0 Å². The van der Waals surface area contributed by atoms with Crippen molar-refractivity contribution in [2.45, 2.75) is 35.9 Å². The smallest absolute Gasteiger partial charge is 0.390 e. The normalized spacial score (nSPS) is 12.0. The average molecular weight is 351 g/mol. The highest BCUT2D eigenvalue weighted by atomic mass is 32.2. The maximum absolute atomic E-state index is 13.0. The predicted octanol–water partition coefficient (Wildman–Crippen LogP) is 5.39. The Morgan fingerprint density at radius 1 is 1.12 bits per heavy atom. The zero-order chi connectivity index (χ0) is 17.3. The summed E-state index contributed by atoms with van der Waals surface area (Å²) in [4.78, 5) is 4.63. The van der Waals surface area contributed by atoms with E-state index in [4.69, 9.17) is 0 Å². The van der Waals surface area contributed by atoms with Gasteiger partial charge < -0.3 is 10.1 Å². The van der Waals surface area contributed by atoms with Gasteiger partial charge in [-0.15, -0.1) is 0 Å². The molecular formula is C18H16F3NOS. The summed E-state index contributed by atoms with van der Waals surface area (Å²) in [5.74, 6) is 0. The van der Waals surface area contributed by atoms with Crippen LogP contribution in [-0.4, -0.2) is 10.1 Å². The Labute approximate surface area is 141 Å². The number of nitrogens with one attached hydrogen (secondary N) is 1. The average Bonchev–Trinajstić information content (AvgIpc) is 2.91. The van der Waals surface area contributed by atoms with E-state index in [0.29, 0.717) is 21.5 Å². The molecule has 0 fully saturated rings. The minimum Gasteiger partial charge on any atom is -0.390 e. The Kier molecular flexibility index (Phi) is 4.60. The lowest BCUT2D eigenvalue weighted by molar-refractivity contribution is -0.137. The van der Waals surface area contributed by atoms with E-state index in [9.17, 15) is 18.3 Å². The molecule has 1 heterocycles. The molecule has 0 saturated carbocycles. The lowest BCUT2D eigenvalue weighted by atomic mass is 10.1. The van der Waals surface area contributed by atoms with E-state index in [2.05, 4.69) is 4.98 Å². The molecule has 0 saturated heterocycles. The third-order valence-electron chi connectivity index (χ3n) is 3.87. The summed E-state index contributed by atoms with van der Waals surface area (Å²) in [6.07, 6.45) is -3.57. The monoisotopic (exact) mass is 351 g/mol. The van der Waals surface area contributed by atoms with E-state index in [1.54, 1.807) is 0 Å². The van der Waals surface area contributed by atoms with Gasteiger partial charge >= 0.3 is 6.18 Å². The standard InChI is InChI=1S/C18H16F3NOS/c1-2-11-5-3-4-6-16(11)24-17-13-9-12(18(19,20)21)7-8-14(13)22-15(17)10-23/h3-9,22-23H,2,10H2,1H3. The van der Waals surface area contributed by atoms with Gasteiger partial charge in [-0.1, -0.05) is 36.9 Å². The molecule has 0 bridgehead atoms. The zero-order valence-electron chi connectivity index (χ0n) is 12.9. The number of aryl methyl sites for hydroxylation is 1. The van der Waals surface area contributed by atoms with E-state index in [1.807, 2.05) is 31.2 Å². The Balaban J connectivity index is 2.14. The van der Waals surface area contributed by atoms with E-state index in [-0.39, 0.29) is 6.61 Å². The first-order chi connectivity index (χ1) is 11.4. The van der Waals surface area contributed by atoms with Crippen LogP contribution >= 0.6 is 11.8 Å². The first-order valence-corrected chi connectivity index (χ1v) is 8.34. The summed E-state index contributed by atoms with van der Waals surface area (Å²) in [5.41, 5.74) is 1.54. The number of halogens is 3. The fourth-order valence-electron chi connectivity index (χ4n) is 2.63. The number of H-pyrrole nitrogens is 1. The van der Waals surface area contributed by atoms with Crippen molar-refractivity contribution < 1.29 is 18.3 Å². The van der Waals surface area contributed by atoms with Crippen LogP contribution in [-0.2, 0) is 19.2 Å². The largest absolute Gasteiger partial charge is 0.416 e. The van der Waals surface area contributed by atoms with Crippen LogP contribution in [0.1, 0.15) is 23.7 Å². The Hall–Kier alpha value is -1.92. The highest BCUT2D eigenvalue weighted by molar-refractivity contribution is 7.99. The van der Waals surface area contributed by atoms with Gasteiger partial charge in [-0.3, -0.25) is 0 Å². The molecule has 3 rings (SSSR count). The van der Waals surface area contributed by atoms with Gasteiger partial charge in [0.2, 0.25) is 0 Å². The van der Waals surface area contributed by atoms with Gasteiger partial charge in [0.15, 0.2) is 0 Å². The van der Waals surface area contributed by atoms with E-state index < -0.39 is 11.7 Å². The number of hydrogen-bond acceptors (Lipinski definition) is 2. The van der Waals surface area contributed by atoms with Crippen LogP contribution < -0.4 is 0 Å². The number of aliphatic hydroxyl groups is 1. The molecule has 2 nitrogen and oxygen atoms in total. The van der Waals surface area contributed by atoms with Gasteiger partial charge in [-0.05, 0) is 36.2 Å². The minimum absolute atomic E-state index is 0.257. The molecule has 0 amide bonds. The van der Waals surface area contributed by atoms with Crippen LogP contribution in [0.4, 0.5) is 13.2 Å². The van der Waals surface area contributed by atoms with Gasteiger partial charge in [-0.2, -0.15) is 13.2 Å². The van der Waals surface area contributed by atoms with E-state index in [0.717, 1.165) is 29.0 Å². The molecule has 0 aliphatic carbocycles. The summed E-state index contributed by atoms with van der Waals surface area (Å²) < 4.78 is 39.0. The highest BCUT2D eigenvalue weighted by Gasteiger charge is 2.31. The lowest BCUT2D eigenvalue weighted by Gasteiger charge is -2.09. The van der Waals surface area contributed by atoms with Crippen molar-refractivity contribution in [3.05, 3.63) is 59.3 Å². The number of fused-ring (bicyclic) bond motifs is 1. The van der Waals surface area contributed by atoms with Crippen molar-refractivity contribution in [2.75, 3.05) is 0 Å². The minimum atomic E-state index is -4.39. The fourth-order valence-corrected chi connectivity index (χ4v) is 3.86. The van der Waals surface area contributed by atoms with Gasteiger partial charge in [0, 0.05) is 20.7 Å². The number of aromatic nitrogens is 1. The molecule has 24 heavy (non-hydrogen) atoms. The number of hydrogen-bond donors (Lipinski definition) is 2. The molecule has 1 aromatic heterocycles. The molecule has 0 unspecified atom stereocenters. The topological polar surface area (TPSA) is 36.0 Å². The van der Waals surface area contributed by atoms with Gasteiger partial charge in [0.25, 0.3) is 0 Å². The first-order valence-electron chi connectivity index (χ1n) is 7.52. The predicted molar refractivity (Wildman–Crippen MR) is 89.2 cm³/mol. The van der Waals surface area contributed by atoms with Crippen LogP contribution in [0.15, 0.2) is 52.3 Å². The van der Waals surface area contributed by atoms with Crippen molar-refractivity contribution in [3.63, 3.8) is 0 Å². The number of alkyl halides is 3. The van der Waals surface area contributed by atoms with Crippen LogP contribution in [0.5, 0.6) is 0 Å². The second kappa shape index (κ2) is 6.53. The maximum atomic E-state index is 13.0. The highest BCUT2D eigenvalue weighted by Crippen LogP contribution is 2.40. The Bertz CT molecular complexity index is 870. The summed E-state index contributed by atoms with van der Waals surface area (Å²) in [5, 5.41) is 10.1. The third kappa shape index (κ3) is 3.16. The molecule has 0 radical (unpaired) electrons. The molecule has 3 aromatic rings. The summed E-state index contributed by atoms with van der Waals surface area (Å²) in [6, 6.07) is 11.4. The summed E-state index contributed by atoms with van der Waals surface area (Å²) in [6.45, 7) is 1.77. The number of aliphatic hydroxyl groups excluding tert-OH is 1. The molecule has 0 atom stereocenters. The Morgan fingerprint density at radius 2 is 1.88 bits per heavy atom. The van der Waals surface area contributed by atoms with E-state index in [1.165, 1.54) is 17.8 Å². The van der Waals surface area contributed by atoms with Crippen LogP contribution in [0.25, 0.3) is 10.9 Å². The zero-order valence-corrected chi connectivity index (χ0v) is 13.8. The number of aromatic amines is 1. The Morgan fingerprint density at radius 3 is 2.54 bits per heavy atom. The van der Waals surface area contributed by atoms with Crippen molar-refractivity contribution >= 4 is 22.7 Å². The second-order valence-electron chi connectivity index (χ2n) is 5.41. The third-order valence-corrected chi connectivity index (χ3v) is 5.16. The fraction of sp³-hybridized carbons (Fsp3) is 0.222. The molecule has 6 heteroatoms. The first kappa shape index (κ1) is 16.9. The van der Waals surface area contributed by atoms with Gasteiger partial charge in [0.1, 0.15) is 0 Å². The van der Waals surface area contributed by atoms with Gasteiger partial charge in [0.05, 0.1) is 17.9 Å². The SMILES string of the molecule is CCc1ccccc1Sc1c(CO)[nH]c2ccc(C(F)(F)F)cc12. The molecule has 0 aliphatic rings. The maximum Gasteiger partial charge on any atom is 0.416 e. The molecule has 126 valence electrons. The molecule has 0 spiro atoms. The molecule has 0 aliphatic heterocycles. The van der Waals surface area contributed by atoms with Crippen molar-refractivity contribution in [1.82, 2.24) is 4.98 Å². The van der Waals surface area contributed by atoms with Crippen molar-refractivity contribution in [2.24, 2.45) is 0 Å². The quantitative estimate of drug-likeness (QED) is 0.661. The molecule has 2 aromatic carbocycles. The van der Waals surface area contributed by atoms with Crippen LogP contribution in [0.2, 0.25) is 0 Å². The molecular weight excluding hydrogens is 335 g/mol. The van der Waals surface area contributed by atoms with Crippen molar-refractivity contribution in [1.29, 1.82) is 0 Å². The molecule has 2 N–H and O–H groups in total. The van der Waals surface area contributed by atoms with Crippen molar-refractivity contribution in [3.8, 4) is 0 Å². The summed E-state index contributed by atoms with van der Waals surface area (Å²) >= 11 is 1.39.